The normalized spacial score (nSPS) is 13.1. The molecule has 6 heterocycles. The quantitative estimate of drug-likeness (QED) is 0.151. The Morgan fingerprint density at radius 1 is 0.300 bits per heavy atom. The lowest BCUT2D eigenvalue weighted by Gasteiger charge is -2.28. The van der Waals surface area contributed by atoms with Crippen LogP contribution in [0.15, 0.2) is 207 Å². The molecule has 0 amide bonds. The molecule has 4 aromatic heterocycles. The Kier molecular flexibility index (Phi) is 8.78. The van der Waals surface area contributed by atoms with Gasteiger partial charge in [-0.05, 0) is 66.7 Å². The molecular formula is C52H38N8. The second-order valence-corrected chi connectivity index (χ2v) is 14.9. The summed E-state index contributed by atoms with van der Waals surface area (Å²) in [6.45, 7) is 1.23. The molecule has 9 aromatic rings. The van der Waals surface area contributed by atoms with E-state index in [0.29, 0.717) is 13.3 Å². The summed E-state index contributed by atoms with van der Waals surface area (Å²) in [4.78, 5) is 27.8. The van der Waals surface area contributed by atoms with Crippen molar-refractivity contribution >= 4 is 45.5 Å². The van der Waals surface area contributed by atoms with E-state index >= 15 is 0 Å². The van der Waals surface area contributed by atoms with Gasteiger partial charge in [-0.3, -0.25) is 19.9 Å². The van der Waals surface area contributed by atoms with Crippen LogP contribution in [0.2, 0.25) is 0 Å². The first-order valence-corrected chi connectivity index (χ1v) is 20.1. The second kappa shape index (κ2) is 15.0. The molecule has 8 heteroatoms. The Labute approximate surface area is 349 Å². The topological polar surface area (TPSA) is 64.5 Å². The van der Waals surface area contributed by atoms with E-state index in [1.165, 1.54) is 0 Å². The number of fused-ring (bicyclic) bond motifs is 2. The van der Waals surface area contributed by atoms with Crippen molar-refractivity contribution < 1.29 is 0 Å². The summed E-state index contributed by atoms with van der Waals surface area (Å²) in [7, 11) is 0. The van der Waals surface area contributed by atoms with Crippen LogP contribution in [-0.4, -0.2) is 33.3 Å². The molecular weight excluding hydrogens is 737 g/mol. The van der Waals surface area contributed by atoms with Crippen molar-refractivity contribution in [1.82, 2.24) is 19.9 Å². The van der Waals surface area contributed by atoms with Crippen LogP contribution < -0.4 is 19.6 Å². The summed E-state index contributed by atoms with van der Waals surface area (Å²) in [6, 6.07) is 55.9. The molecule has 2 aliphatic heterocycles. The predicted octanol–water partition coefficient (Wildman–Crippen LogP) is 12.4. The zero-order valence-electron chi connectivity index (χ0n) is 32.6. The summed E-state index contributed by atoms with van der Waals surface area (Å²) in [5.74, 6) is 0. The van der Waals surface area contributed by atoms with Gasteiger partial charge in [-0.25, -0.2) is 0 Å². The fourth-order valence-electron chi connectivity index (χ4n) is 8.77. The van der Waals surface area contributed by atoms with Gasteiger partial charge in [0, 0.05) is 105 Å². The first-order valence-electron chi connectivity index (χ1n) is 20.1. The highest BCUT2D eigenvalue weighted by Crippen LogP contribution is 2.52. The Morgan fingerprint density at radius 2 is 0.617 bits per heavy atom. The van der Waals surface area contributed by atoms with E-state index < -0.39 is 0 Å². The van der Waals surface area contributed by atoms with Crippen LogP contribution in [0.25, 0.3) is 44.5 Å². The third-order valence-corrected chi connectivity index (χ3v) is 11.4. The van der Waals surface area contributed by atoms with Gasteiger partial charge < -0.3 is 19.6 Å². The summed E-state index contributed by atoms with van der Waals surface area (Å²) in [5, 5.41) is 0. The van der Waals surface area contributed by atoms with Gasteiger partial charge in [0.25, 0.3) is 0 Å². The number of pyridine rings is 4. The Hall–Kier alpha value is -8.10. The zero-order chi connectivity index (χ0) is 39.8. The molecule has 8 nitrogen and oxygen atoms in total. The maximum atomic E-state index is 4.51. The molecule has 0 fully saturated rings. The molecule has 60 heavy (non-hydrogen) atoms. The largest absolute Gasteiger partial charge is 0.321 e. The lowest BCUT2D eigenvalue weighted by Crippen LogP contribution is -2.26. The van der Waals surface area contributed by atoms with Crippen molar-refractivity contribution in [3.8, 4) is 44.5 Å². The van der Waals surface area contributed by atoms with Crippen LogP contribution in [0, 0.1) is 0 Å². The van der Waals surface area contributed by atoms with Crippen molar-refractivity contribution in [3.05, 3.63) is 207 Å². The van der Waals surface area contributed by atoms with Gasteiger partial charge in [0.15, 0.2) is 0 Å². The van der Waals surface area contributed by atoms with E-state index in [-0.39, 0.29) is 0 Å². The van der Waals surface area contributed by atoms with Crippen LogP contribution in [-0.2, 0) is 0 Å². The number of anilines is 8. The summed E-state index contributed by atoms with van der Waals surface area (Å²) in [6.07, 6.45) is 15.1. The van der Waals surface area contributed by atoms with Crippen LogP contribution in [0.4, 0.5) is 45.5 Å². The van der Waals surface area contributed by atoms with E-state index in [4.69, 9.17) is 0 Å². The highest BCUT2D eigenvalue weighted by Gasteiger charge is 2.34. The minimum atomic E-state index is 0.614. The van der Waals surface area contributed by atoms with Gasteiger partial charge in [-0.2, -0.15) is 0 Å². The SMILES string of the molecule is c1cncc(-c2cccc(-c3cccnc3)c2N2CN(c3cccc(N4CN(c5c(-c6cccnc6)cccc5-c5cccnc5)c5ccccc54)c3)c3ccccc32)c1. The summed E-state index contributed by atoms with van der Waals surface area (Å²) < 4.78 is 0. The lowest BCUT2D eigenvalue weighted by molar-refractivity contribution is 0.979. The van der Waals surface area contributed by atoms with E-state index in [2.05, 4.69) is 173 Å². The molecule has 5 aromatic carbocycles. The maximum absolute atomic E-state index is 4.51. The Bertz CT molecular complexity index is 2650. The zero-order valence-corrected chi connectivity index (χ0v) is 32.6. The van der Waals surface area contributed by atoms with Crippen LogP contribution in [0.3, 0.4) is 0 Å². The minimum Gasteiger partial charge on any atom is -0.321 e. The Morgan fingerprint density at radius 3 is 0.933 bits per heavy atom. The monoisotopic (exact) mass is 774 g/mol. The van der Waals surface area contributed by atoms with Crippen LogP contribution >= 0.6 is 0 Å². The molecule has 0 radical (unpaired) electrons. The number of para-hydroxylation sites is 6. The molecule has 0 spiro atoms. The molecule has 0 unspecified atom stereocenters. The number of hydrogen-bond acceptors (Lipinski definition) is 8. The third kappa shape index (κ3) is 6.10. The number of aromatic nitrogens is 4. The van der Waals surface area contributed by atoms with Crippen molar-refractivity contribution in [2.45, 2.75) is 0 Å². The fourth-order valence-corrected chi connectivity index (χ4v) is 8.77. The highest BCUT2D eigenvalue weighted by atomic mass is 15.4. The summed E-state index contributed by atoms with van der Waals surface area (Å²) in [5.41, 5.74) is 17.7. The molecule has 0 saturated heterocycles. The van der Waals surface area contributed by atoms with E-state index in [0.717, 1.165) is 90.0 Å². The molecule has 0 aliphatic carbocycles. The van der Waals surface area contributed by atoms with Crippen molar-refractivity contribution in [2.75, 3.05) is 32.9 Å². The smallest absolute Gasteiger partial charge is 0.100 e. The minimum absolute atomic E-state index is 0.614. The van der Waals surface area contributed by atoms with Gasteiger partial charge >= 0.3 is 0 Å². The molecule has 286 valence electrons. The van der Waals surface area contributed by atoms with Gasteiger partial charge in [-0.15, -0.1) is 0 Å². The molecule has 0 atom stereocenters. The van der Waals surface area contributed by atoms with E-state index in [1.807, 2.05) is 73.8 Å². The average Bonchev–Trinajstić information content (AvgIpc) is 3.92. The van der Waals surface area contributed by atoms with Gasteiger partial charge in [0.2, 0.25) is 0 Å². The van der Waals surface area contributed by atoms with Crippen molar-refractivity contribution in [1.29, 1.82) is 0 Å². The van der Waals surface area contributed by atoms with E-state index in [1.54, 1.807) is 0 Å². The number of hydrogen-bond donors (Lipinski definition) is 0. The molecule has 2 aliphatic rings. The van der Waals surface area contributed by atoms with Crippen LogP contribution in [0.5, 0.6) is 0 Å². The molecule has 0 saturated carbocycles. The Balaban J connectivity index is 1.01. The van der Waals surface area contributed by atoms with Gasteiger partial charge in [0.1, 0.15) is 13.3 Å². The van der Waals surface area contributed by atoms with Crippen molar-refractivity contribution in [2.24, 2.45) is 0 Å². The van der Waals surface area contributed by atoms with E-state index in [9.17, 15) is 0 Å². The lowest BCUT2D eigenvalue weighted by atomic mass is 9.96. The predicted molar refractivity (Wildman–Crippen MR) is 243 cm³/mol. The molecule has 11 rings (SSSR count). The number of nitrogens with zero attached hydrogens (tertiary/aromatic N) is 8. The first-order chi connectivity index (χ1) is 29.8. The van der Waals surface area contributed by atoms with Crippen LogP contribution in [0.1, 0.15) is 0 Å². The van der Waals surface area contributed by atoms with Gasteiger partial charge in [0.05, 0.1) is 34.1 Å². The average molecular weight is 775 g/mol. The third-order valence-electron chi connectivity index (χ3n) is 11.4. The number of benzene rings is 5. The molecule has 0 N–H and O–H groups in total. The first kappa shape index (κ1) is 35.1. The highest BCUT2D eigenvalue weighted by molar-refractivity contribution is 6.00. The van der Waals surface area contributed by atoms with Crippen molar-refractivity contribution in [3.63, 3.8) is 0 Å². The molecule has 0 bridgehead atoms. The summed E-state index contributed by atoms with van der Waals surface area (Å²) >= 11 is 0. The second-order valence-electron chi connectivity index (χ2n) is 14.9. The number of rotatable bonds is 8. The van der Waals surface area contributed by atoms with Gasteiger partial charge in [-0.1, -0.05) is 91.0 Å². The maximum Gasteiger partial charge on any atom is 0.100 e. The fraction of sp³-hybridized carbons (Fsp3) is 0.0385. The standard InChI is InChI=1S/C52H38N8/c1-3-24-49-47(22-1)57(35-59(49)51-43(37-12-8-26-53-31-37)18-6-19-44(51)38-13-9-27-54-32-38)41-16-5-17-42(30-41)58-36-60(50-25-4-2-23-48(50)58)52-45(39-14-10-28-55-33-39)20-7-21-46(52)40-15-11-29-56-34-40/h1-34H,35-36H2.